The number of hydrogen-bond acceptors (Lipinski definition) is 4. The van der Waals surface area contributed by atoms with Gasteiger partial charge in [-0.2, -0.15) is 0 Å². The average molecular weight is 293 g/mol. The number of aromatic amines is 1. The third kappa shape index (κ3) is 3.31. The topological polar surface area (TPSA) is 122 Å². The number of primary sulfonamides is 1. The normalized spacial score (nSPS) is 11.1. The third-order valence-electron chi connectivity index (χ3n) is 2.46. The zero-order chi connectivity index (χ0) is 14.8. The Morgan fingerprint density at radius 1 is 1.20 bits per heavy atom. The maximum Gasteiger partial charge on any atom is 0.255 e. The van der Waals surface area contributed by atoms with Gasteiger partial charge in [-0.3, -0.25) is 9.59 Å². The van der Waals surface area contributed by atoms with Gasteiger partial charge in [0.1, 0.15) is 0 Å². The number of carbonyl (C=O) groups excluding carboxylic acids is 1. The lowest BCUT2D eigenvalue weighted by molar-refractivity contribution is 0.102. The van der Waals surface area contributed by atoms with Gasteiger partial charge < -0.3 is 10.3 Å². The maximum atomic E-state index is 11.9. The van der Waals surface area contributed by atoms with Crippen LogP contribution in [0.4, 0.5) is 5.69 Å². The number of anilines is 1. The smallest absolute Gasteiger partial charge is 0.255 e. The molecule has 0 saturated heterocycles. The molecule has 4 N–H and O–H groups in total. The first-order valence-corrected chi connectivity index (χ1v) is 7.04. The third-order valence-corrected chi connectivity index (χ3v) is 3.37. The molecule has 0 unspecified atom stereocenters. The van der Waals surface area contributed by atoms with Crippen LogP contribution in [0, 0.1) is 0 Å². The van der Waals surface area contributed by atoms with Crippen LogP contribution in [0.1, 0.15) is 10.4 Å². The zero-order valence-corrected chi connectivity index (χ0v) is 11.0. The Bertz CT molecular complexity index is 811. The fourth-order valence-corrected chi connectivity index (χ4v) is 2.10. The van der Waals surface area contributed by atoms with Crippen molar-refractivity contribution in [1.29, 1.82) is 0 Å². The highest BCUT2D eigenvalue weighted by Gasteiger charge is 2.10. The fourth-order valence-electron chi connectivity index (χ4n) is 1.54. The van der Waals surface area contributed by atoms with Crippen LogP contribution >= 0.6 is 0 Å². The molecule has 0 aliphatic heterocycles. The van der Waals surface area contributed by atoms with Gasteiger partial charge in [0.2, 0.25) is 15.6 Å². The van der Waals surface area contributed by atoms with Crippen LogP contribution in [-0.4, -0.2) is 19.3 Å². The summed E-state index contributed by atoms with van der Waals surface area (Å²) in [6.07, 6.45) is 1.35. The maximum absolute atomic E-state index is 11.9. The molecule has 0 spiro atoms. The predicted molar refractivity (Wildman–Crippen MR) is 72.8 cm³/mol. The summed E-state index contributed by atoms with van der Waals surface area (Å²) in [4.78, 5) is 25.3. The van der Waals surface area contributed by atoms with Crippen LogP contribution in [0.3, 0.4) is 0 Å². The molecule has 2 rings (SSSR count). The molecule has 0 radical (unpaired) electrons. The number of rotatable bonds is 3. The lowest BCUT2D eigenvalue weighted by Gasteiger charge is -2.06. The van der Waals surface area contributed by atoms with E-state index in [4.69, 9.17) is 5.14 Å². The lowest BCUT2D eigenvalue weighted by Crippen LogP contribution is -2.16. The van der Waals surface area contributed by atoms with E-state index in [2.05, 4.69) is 10.3 Å². The van der Waals surface area contributed by atoms with E-state index in [0.29, 0.717) is 0 Å². The van der Waals surface area contributed by atoms with Gasteiger partial charge in [0, 0.05) is 23.5 Å². The van der Waals surface area contributed by atoms with Crippen LogP contribution in [-0.2, 0) is 10.0 Å². The minimum atomic E-state index is -3.84. The Morgan fingerprint density at radius 3 is 2.60 bits per heavy atom. The van der Waals surface area contributed by atoms with Crippen LogP contribution < -0.4 is 16.0 Å². The summed E-state index contributed by atoms with van der Waals surface area (Å²) in [6.45, 7) is 0. The van der Waals surface area contributed by atoms with E-state index in [1.165, 1.54) is 36.5 Å². The van der Waals surface area contributed by atoms with Crippen LogP contribution in [0.25, 0.3) is 0 Å². The van der Waals surface area contributed by atoms with Crippen LogP contribution in [0.2, 0.25) is 0 Å². The molecule has 0 aliphatic carbocycles. The fraction of sp³-hybridized carbons (Fsp3) is 0. The molecule has 0 bridgehead atoms. The number of carbonyl (C=O) groups is 1. The Labute approximate surface area is 114 Å². The number of H-pyrrole nitrogens is 1. The molecule has 0 fully saturated rings. The second-order valence-corrected chi connectivity index (χ2v) is 5.53. The minimum absolute atomic E-state index is 0.110. The number of pyridine rings is 1. The molecular weight excluding hydrogens is 282 g/mol. The molecule has 8 heteroatoms. The zero-order valence-electron chi connectivity index (χ0n) is 10.2. The largest absolute Gasteiger partial charge is 0.329 e. The molecule has 7 nitrogen and oxygen atoms in total. The van der Waals surface area contributed by atoms with E-state index in [1.54, 1.807) is 0 Å². The Balaban J connectivity index is 2.27. The van der Waals surface area contributed by atoms with Crippen molar-refractivity contribution in [3.05, 3.63) is 58.5 Å². The minimum Gasteiger partial charge on any atom is -0.329 e. The summed E-state index contributed by atoms with van der Waals surface area (Å²) in [5, 5.41) is 7.49. The highest BCUT2D eigenvalue weighted by molar-refractivity contribution is 7.89. The number of hydrogen-bond donors (Lipinski definition) is 3. The summed E-state index contributed by atoms with van der Waals surface area (Å²) in [5.74, 6) is -0.525. The summed E-state index contributed by atoms with van der Waals surface area (Å²) >= 11 is 0. The summed E-state index contributed by atoms with van der Waals surface area (Å²) < 4.78 is 22.4. The van der Waals surface area contributed by atoms with Crippen molar-refractivity contribution >= 4 is 21.6 Å². The number of nitrogens with two attached hydrogens (primary N) is 1. The van der Waals surface area contributed by atoms with Crippen LogP contribution in [0.5, 0.6) is 0 Å². The molecule has 2 aromatic rings. The molecule has 1 aromatic heterocycles. The summed E-state index contributed by atoms with van der Waals surface area (Å²) in [7, 11) is -3.84. The number of sulfonamides is 1. The first-order valence-electron chi connectivity index (χ1n) is 5.49. The number of amides is 1. The van der Waals surface area contributed by atoms with E-state index >= 15 is 0 Å². The number of nitrogens with one attached hydrogen (secondary N) is 2. The number of aromatic nitrogens is 1. The van der Waals surface area contributed by atoms with Crippen molar-refractivity contribution in [2.24, 2.45) is 5.14 Å². The van der Waals surface area contributed by atoms with Crippen molar-refractivity contribution in [1.82, 2.24) is 4.98 Å². The highest BCUT2D eigenvalue weighted by atomic mass is 32.2. The summed E-state index contributed by atoms with van der Waals surface area (Å²) in [6, 6.07) is 8.09. The van der Waals surface area contributed by atoms with Gasteiger partial charge >= 0.3 is 0 Å². The van der Waals surface area contributed by atoms with Crippen LogP contribution in [0.15, 0.2) is 52.3 Å². The molecule has 1 aromatic carbocycles. The van der Waals surface area contributed by atoms with Crippen molar-refractivity contribution in [2.75, 3.05) is 5.32 Å². The first kappa shape index (κ1) is 14.0. The summed E-state index contributed by atoms with van der Waals surface area (Å²) in [5.41, 5.74) is 0.0208. The second-order valence-electron chi connectivity index (χ2n) is 3.97. The van der Waals surface area contributed by atoms with E-state index in [0.717, 1.165) is 6.07 Å². The Morgan fingerprint density at radius 2 is 1.95 bits per heavy atom. The van der Waals surface area contributed by atoms with Gasteiger partial charge in [0.05, 0.1) is 4.90 Å². The van der Waals surface area contributed by atoms with E-state index in [9.17, 15) is 18.0 Å². The Hall–Kier alpha value is -2.45. The van der Waals surface area contributed by atoms with Crippen molar-refractivity contribution < 1.29 is 13.2 Å². The van der Waals surface area contributed by atoms with E-state index in [1.807, 2.05) is 0 Å². The number of benzene rings is 1. The molecule has 104 valence electrons. The molecule has 1 heterocycles. The lowest BCUT2D eigenvalue weighted by atomic mass is 10.2. The molecule has 20 heavy (non-hydrogen) atoms. The van der Waals surface area contributed by atoms with Gasteiger partial charge in [0.15, 0.2) is 0 Å². The van der Waals surface area contributed by atoms with Gasteiger partial charge in [-0.25, -0.2) is 13.6 Å². The van der Waals surface area contributed by atoms with Gasteiger partial charge in [-0.15, -0.1) is 0 Å². The monoisotopic (exact) mass is 293 g/mol. The van der Waals surface area contributed by atoms with Crippen molar-refractivity contribution in [3.63, 3.8) is 0 Å². The standard InChI is InChI=1S/C12H11N3O4S/c13-20(18,19)10-3-1-2-9(7-10)15-12(17)8-4-5-14-11(16)6-8/h1-7H,(H,14,16)(H,15,17)(H2,13,18,19). The first-order chi connectivity index (χ1) is 9.36. The molecule has 0 saturated carbocycles. The van der Waals surface area contributed by atoms with E-state index < -0.39 is 21.5 Å². The SMILES string of the molecule is NS(=O)(=O)c1cccc(NC(=O)c2cc[nH]c(=O)c2)c1. The average Bonchev–Trinajstić information content (AvgIpc) is 2.38. The molecule has 1 amide bonds. The Kier molecular flexibility index (Phi) is 3.68. The van der Waals surface area contributed by atoms with Gasteiger partial charge in [-0.05, 0) is 24.3 Å². The highest BCUT2D eigenvalue weighted by Crippen LogP contribution is 2.14. The van der Waals surface area contributed by atoms with E-state index in [-0.39, 0.29) is 16.1 Å². The van der Waals surface area contributed by atoms with Gasteiger partial charge in [-0.1, -0.05) is 6.07 Å². The van der Waals surface area contributed by atoms with Crippen molar-refractivity contribution in [3.8, 4) is 0 Å². The molecular formula is C12H11N3O4S. The molecule has 0 atom stereocenters. The van der Waals surface area contributed by atoms with Gasteiger partial charge in [0.25, 0.3) is 5.91 Å². The predicted octanol–water partition coefficient (Wildman–Crippen LogP) is 0.275. The van der Waals surface area contributed by atoms with Crippen molar-refractivity contribution in [2.45, 2.75) is 4.90 Å². The molecule has 0 aliphatic rings. The quantitative estimate of drug-likeness (QED) is 0.752. The second kappa shape index (κ2) is 5.27.